The van der Waals surface area contributed by atoms with Gasteiger partial charge in [0, 0.05) is 29.9 Å². The molecule has 1 aliphatic rings. The predicted molar refractivity (Wildman–Crippen MR) is 124 cm³/mol. The first-order valence-corrected chi connectivity index (χ1v) is 10.5. The van der Waals surface area contributed by atoms with E-state index in [1.165, 1.54) is 0 Å². The van der Waals surface area contributed by atoms with Crippen LogP contribution in [0.4, 0.5) is 11.6 Å². The number of anilines is 2. The second-order valence-corrected chi connectivity index (χ2v) is 8.20. The summed E-state index contributed by atoms with van der Waals surface area (Å²) in [6.07, 6.45) is 5.46. The van der Waals surface area contributed by atoms with Gasteiger partial charge in [0.1, 0.15) is 11.5 Å². The molecule has 1 aliphatic heterocycles. The van der Waals surface area contributed by atoms with Gasteiger partial charge < -0.3 is 9.88 Å². The zero-order chi connectivity index (χ0) is 22.8. The average Bonchev–Trinajstić information content (AvgIpc) is 3.44. The second kappa shape index (κ2) is 8.75. The number of amides is 1. The van der Waals surface area contributed by atoms with Gasteiger partial charge in [-0.3, -0.25) is 9.78 Å². The lowest BCUT2D eigenvalue weighted by Gasteiger charge is -2.20. The van der Waals surface area contributed by atoms with Gasteiger partial charge >= 0.3 is 0 Å². The molecular formula is C22H27N9O. The van der Waals surface area contributed by atoms with E-state index in [1.54, 1.807) is 29.7 Å². The maximum Gasteiger partial charge on any atom is 0.275 e. The van der Waals surface area contributed by atoms with Gasteiger partial charge in [-0.25, -0.2) is 20.5 Å². The fourth-order valence-corrected chi connectivity index (χ4v) is 3.28. The van der Waals surface area contributed by atoms with Crippen molar-refractivity contribution >= 4 is 23.4 Å². The molecule has 166 valence electrons. The van der Waals surface area contributed by atoms with Crippen LogP contribution in [0.2, 0.25) is 0 Å². The molecule has 3 aromatic heterocycles. The molecule has 3 aromatic rings. The summed E-state index contributed by atoms with van der Waals surface area (Å²) < 4.78 is 2.03. The first kappa shape index (κ1) is 21.4. The van der Waals surface area contributed by atoms with Crippen LogP contribution in [0.5, 0.6) is 0 Å². The molecule has 0 spiro atoms. The molecular weight excluding hydrogens is 406 g/mol. The average molecular weight is 434 g/mol. The lowest BCUT2D eigenvalue weighted by Crippen LogP contribution is -2.43. The molecule has 4 heterocycles. The zero-order valence-corrected chi connectivity index (χ0v) is 18.8. The number of amidine groups is 1. The Balaban J connectivity index is 1.55. The highest BCUT2D eigenvalue weighted by atomic mass is 16.1. The highest BCUT2D eigenvalue weighted by molar-refractivity contribution is 6.03. The van der Waals surface area contributed by atoms with E-state index >= 15 is 0 Å². The topological polar surface area (TPSA) is 112 Å². The molecule has 0 radical (unpaired) electrons. The van der Waals surface area contributed by atoms with Gasteiger partial charge in [0.25, 0.3) is 5.91 Å². The third-order valence-corrected chi connectivity index (χ3v) is 5.09. The van der Waals surface area contributed by atoms with Crippen molar-refractivity contribution in [2.45, 2.75) is 40.7 Å². The molecule has 0 atom stereocenters. The number of carbonyl (C=O) groups is 1. The summed E-state index contributed by atoms with van der Waals surface area (Å²) >= 11 is 0. The maximum atomic E-state index is 12.9. The number of hydrogen-bond donors (Lipinski definition) is 3. The number of aromatic nitrogens is 4. The van der Waals surface area contributed by atoms with Crippen LogP contribution in [-0.4, -0.2) is 31.3 Å². The molecule has 3 N–H and O–H groups in total. The number of nitrogens with one attached hydrogen (secondary N) is 3. The molecule has 0 aromatic carbocycles. The summed E-state index contributed by atoms with van der Waals surface area (Å²) in [7, 11) is 0. The highest BCUT2D eigenvalue weighted by Gasteiger charge is 2.23. The molecule has 0 saturated heterocycles. The minimum absolute atomic E-state index is 0.187. The molecule has 0 aliphatic carbocycles. The third kappa shape index (κ3) is 4.30. The van der Waals surface area contributed by atoms with E-state index in [0.717, 1.165) is 22.7 Å². The molecule has 10 heteroatoms. The number of carbonyl (C=O) groups excluding carboxylic acids is 1. The summed E-state index contributed by atoms with van der Waals surface area (Å²) in [4.78, 5) is 26.3. The number of hydrogen-bond acceptors (Lipinski definition) is 8. The minimum Gasteiger partial charge on any atom is -0.334 e. The normalized spacial score (nSPS) is 13.5. The summed E-state index contributed by atoms with van der Waals surface area (Å²) in [5.74, 6) is 1.66. The van der Waals surface area contributed by atoms with E-state index in [2.05, 4.69) is 50.3 Å². The summed E-state index contributed by atoms with van der Waals surface area (Å²) in [5, 5.41) is 8.81. The molecule has 0 saturated carbocycles. The van der Waals surface area contributed by atoms with Crippen LogP contribution >= 0.6 is 0 Å². The van der Waals surface area contributed by atoms with Gasteiger partial charge in [0.2, 0.25) is 0 Å². The van der Waals surface area contributed by atoms with E-state index in [-0.39, 0.29) is 11.8 Å². The minimum atomic E-state index is -0.343. The van der Waals surface area contributed by atoms with Crippen molar-refractivity contribution in [2.24, 2.45) is 11.0 Å². The van der Waals surface area contributed by atoms with E-state index in [0.29, 0.717) is 23.4 Å². The number of pyridine rings is 2. The molecule has 0 bridgehead atoms. The van der Waals surface area contributed by atoms with Crippen LogP contribution < -0.4 is 21.4 Å². The van der Waals surface area contributed by atoms with Crippen LogP contribution in [0.15, 0.2) is 48.1 Å². The summed E-state index contributed by atoms with van der Waals surface area (Å²) in [6.45, 7) is 10.2. The fourth-order valence-electron chi connectivity index (χ4n) is 3.28. The molecule has 32 heavy (non-hydrogen) atoms. The number of aryl methyl sites for hydroxylation is 1. The van der Waals surface area contributed by atoms with Crippen molar-refractivity contribution < 1.29 is 4.79 Å². The summed E-state index contributed by atoms with van der Waals surface area (Å²) in [6, 6.07) is 7.46. The van der Waals surface area contributed by atoms with E-state index in [4.69, 9.17) is 0 Å². The number of rotatable bonds is 6. The van der Waals surface area contributed by atoms with Crippen molar-refractivity contribution in [3.63, 3.8) is 0 Å². The number of imidazole rings is 1. The Morgan fingerprint density at radius 1 is 1.16 bits per heavy atom. The van der Waals surface area contributed by atoms with Crippen LogP contribution in [0.1, 0.15) is 49.8 Å². The Kier molecular flexibility index (Phi) is 5.87. The molecule has 10 nitrogen and oxygen atoms in total. The molecule has 0 unspecified atom stereocenters. The van der Waals surface area contributed by atoms with Crippen molar-refractivity contribution in [3.05, 3.63) is 54.2 Å². The Morgan fingerprint density at radius 2 is 1.97 bits per heavy atom. The number of nitrogens with zero attached hydrogens (tertiary/aromatic N) is 6. The smallest absolute Gasteiger partial charge is 0.275 e. The number of hydrazone groups is 1. The van der Waals surface area contributed by atoms with Crippen LogP contribution in [-0.2, 0) is 0 Å². The van der Waals surface area contributed by atoms with E-state index in [9.17, 15) is 4.79 Å². The van der Waals surface area contributed by atoms with Crippen LogP contribution in [0, 0.1) is 12.8 Å². The van der Waals surface area contributed by atoms with E-state index in [1.807, 2.05) is 43.7 Å². The van der Waals surface area contributed by atoms with Gasteiger partial charge in [-0.05, 0) is 44.5 Å². The Hall–Kier alpha value is -3.79. The maximum absolute atomic E-state index is 12.9. The Morgan fingerprint density at radius 3 is 2.69 bits per heavy atom. The van der Waals surface area contributed by atoms with Crippen molar-refractivity contribution in [3.8, 4) is 11.3 Å². The highest BCUT2D eigenvalue weighted by Crippen LogP contribution is 2.24. The van der Waals surface area contributed by atoms with Crippen LogP contribution in [0.3, 0.4) is 0 Å². The largest absolute Gasteiger partial charge is 0.334 e. The molecule has 1 amide bonds. The predicted octanol–water partition coefficient (Wildman–Crippen LogP) is 3.28. The standard InChI is InChI=1S/C22H27N9O/c1-13(2)21-27-28-29-31(21)20-8-6-7-19(25-20)26-22(32)17-9-16(15(5)10-23-17)18-11-30(12-24-18)14(3)4/h6-14,28-29H,1-5H3,(H,25,26,32). The zero-order valence-electron chi connectivity index (χ0n) is 18.8. The first-order valence-electron chi connectivity index (χ1n) is 10.5. The van der Waals surface area contributed by atoms with Gasteiger partial charge in [-0.15, -0.1) is 10.6 Å². The van der Waals surface area contributed by atoms with Gasteiger partial charge in [0.15, 0.2) is 11.7 Å². The number of hydrazine groups is 2. The second-order valence-electron chi connectivity index (χ2n) is 8.20. The van der Waals surface area contributed by atoms with Gasteiger partial charge in [-0.1, -0.05) is 19.9 Å². The monoisotopic (exact) mass is 433 g/mol. The third-order valence-electron chi connectivity index (χ3n) is 5.09. The van der Waals surface area contributed by atoms with Gasteiger partial charge in [-0.2, -0.15) is 0 Å². The van der Waals surface area contributed by atoms with E-state index < -0.39 is 0 Å². The molecule has 0 fully saturated rings. The van der Waals surface area contributed by atoms with Crippen molar-refractivity contribution in [2.75, 3.05) is 10.3 Å². The first-order chi connectivity index (χ1) is 15.3. The quantitative estimate of drug-likeness (QED) is 0.547. The Labute approximate surface area is 186 Å². The van der Waals surface area contributed by atoms with Crippen LogP contribution in [0.25, 0.3) is 11.3 Å². The van der Waals surface area contributed by atoms with Crippen molar-refractivity contribution in [1.82, 2.24) is 30.6 Å². The molecule has 4 rings (SSSR count). The van der Waals surface area contributed by atoms with Gasteiger partial charge in [0.05, 0.1) is 12.0 Å². The van der Waals surface area contributed by atoms with Crippen molar-refractivity contribution in [1.29, 1.82) is 0 Å². The summed E-state index contributed by atoms with van der Waals surface area (Å²) in [5.41, 5.74) is 8.60. The lowest BCUT2D eigenvalue weighted by molar-refractivity contribution is 0.102. The lowest BCUT2D eigenvalue weighted by atomic mass is 10.1. The fraction of sp³-hybridized carbons (Fsp3) is 0.318. The Bertz CT molecular complexity index is 1170. The SMILES string of the molecule is Cc1cnc(C(=O)Nc2cccc(N3NNN=C3C(C)C)n2)cc1-c1cn(C(C)C)cn1.